The molecule has 0 radical (unpaired) electrons. The number of morpholine rings is 1. The molecule has 0 saturated carbocycles. The number of hydrogen-bond donors (Lipinski definition) is 1. The van der Waals surface area contributed by atoms with Crippen LogP contribution in [0.1, 0.15) is 18.4 Å². The van der Waals surface area contributed by atoms with Gasteiger partial charge in [-0.25, -0.2) is 0 Å². The molecule has 1 aromatic rings. The van der Waals surface area contributed by atoms with Crippen LogP contribution in [0.2, 0.25) is 0 Å². The molecule has 27 heavy (non-hydrogen) atoms. The van der Waals surface area contributed by atoms with Gasteiger partial charge in [-0.3, -0.25) is 14.5 Å². The van der Waals surface area contributed by atoms with Crippen molar-refractivity contribution < 1.29 is 14.3 Å². The van der Waals surface area contributed by atoms with Gasteiger partial charge in [0.2, 0.25) is 11.8 Å². The summed E-state index contributed by atoms with van der Waals surface area (Å²) in [6, 6.07) is 9.80. The summed E-state index contributed by atoms with van der Waals surface area (Å²) in [5.41, 5.74) is 1.01. The first-order valence-electron chi connectivity index (χ1n) is 9.82. The highest BCUT2D eigenvalue weighted by Crippen LogP contribution is 2.18. The van der Waals surface area contributed by atoms with Crippen LogP contribution in [0.5, 0.6) is 0 Å². The molecular weight excluding hydrogens is 342 g/mol. The Morgan fingerprint density at radius 3 is 2.48 bits per heavy atom. The van der Waals surface area contributed by atoms with Crippen LogP contribution < -0.4 is 5.32 Å². The lowest BCUT2D eigenvalue weighted by Gasteiger charge is -2.31. The van der Waals surface area contributed by atoms with Crippen molar-refractivity contribution in [3.63, 3.8) is 0 Å². The van der Waals surface area contributed by atoms with Crippen molar-refractivity contribution in [3.8, 4) is 0 Å². The van der Waals surface area contributed by atoms with Crippen LogP contribution in [0.4, 0.5) is 0 Å². The first kappa shape index (κ1) is 19.6. The molecule has 0 atom stereocenters. The molecule has 6 nitrogen and oxygen atoms in total. The average Bonchev–Trinajstić information content (AvgIpc) is 2.73. The molecule has 0 unspecified atom stereocenters. The number of carbonyl (C=O) groups is 2. The Bertz CT molecular complexity index is 633. The van der Waals surface area contributed by atoms with E-state index in [4.69, 9.17) is 4.74 Å². The van der Waals surface area contributed by atoms with Crippen LogP contribution >= 0.6 is 0 Å². The fraction of sp³-hybridized carbons (Fsp3) is 0.524. The van der Waals surface area contributed by atoms with Gasteiger partial charge in [-0.05, 0) is 24.5 Å². The van der Waals surface area contributed by atoms with Crippen LogP contribution in [0.25, 0.3) is 6.08 Å². The van der Waals surface area contributed by atoms with E-state index in [0.29, 0.717) is 19.6 Å². The molecular formula is C21H29N3O3. The summed E-state index contributed by atoms with van der Waals surface area (Å²) in [5.74, 6) is 0.150. The van der Waals surface area contributed by atoms with Gasteiger partial charge in [-0.2, -0.15) is 0 Å². The lowest BCUT2D eigenvalue weighted by molar-refractivity contribution is -0.132. The Kier molecular flexibility index (Phi) is 7.42. The van der Waals surface area contributed by atoms with Gasteiger partial charge in [-0.15, -0.1) is 0 Å². The maximum absolute atomic E-state index is 12.4. The smallest absolute Gasteiger partial charge is 0.246 e. The van der Waals surface area contributed by atoms with Crippen molar-refractivity contribution in [3.05, 3.63) is 42.0 Å². The van der Waals surface area contributed by atoms with Crippen molar-refractivity contribution in [1.82, 2.24) is 15.1 Å². The number of carbonyl (C=O) groups excluding carboxylic acids is 2. The summed E-state index contributed by atoms with van der Waals surface area (Å²) < 4.78 is 5.33. The van der Waals surface area contributed by atoms with Crippen LogP contribution in [0, 0.1) is 5.92 Å². The first-order valence-corrected chi connectivity index (χ1v) is 9.82. The van der Waals surface area contributed by atoms with E-state index in [-0.39, 0.29) is 17.7 Å². The third kappa shape index (κ3) is 6.19. The number of nitrogens with zero attached hydrogens (tertiary/aromatic N) is 2. The van der Waals surface area contributed by atoms with Crippen molar-refractivity contribution in [2.75, 3.05) is 52.5 Å². The molecule has 3 rings (SSSR count). The summed E-state index contributed by atoms with van der Waals surface area (Å²) in [6.07, 6.45) is 4.92. The summed E-state index contributed by atoms with van der Waals surface area (Å²) in [7, 11) is 0. The van der Waals surface area contributed by atoms with Gasteiger partial charge in [0.05, 0.1) is 13.2 Å². The van der Waals surface area contributed by atoms with E-state index < -0.39 is 0 Å². The van der Waals surface area contributed by atoms with Crippen molar-refractivity contribution in [2.45, 2.75) is 12.8 Å². The maximum Gasteiger partial charge on any atom is 0.246 e. The van der Waals surface area contributed by atoms with E-state index in [1.54, 1.807) is 6.08 Å². The first-order chi connectivity index (χ1) is 13.2. The fourth-order valence-electron chi connectivity index (χ4n) is 3.51. The average molecular weight is 371 g/mol. The molecule has 0 aliphatic carbocycles. The monoisotopic (exact) mass is 371 g/mol. The van der Waals surface area contributed by atoms with E-state index in [1.807, 2.05) is 41.3 Å². The normalized spacial score (nSPS) is 19.3. The summed E-state index contributed by atoms with van der Waals surface area (Å²) >= 11 is 0. The molecule has 2 saturated heterocycles. The molecule has 0 bridgehead atoms. The number of piperidine rings is 1. The number of nitrogens with one attached hydrogen (secondary N) is 1. The third-order valence-corrected chi connectivity index (χ3v) is 5.23. The van der Waals surface area contributed by atoms with Gasteiger partial charge in [0.15, 0.2) is 0 Å². The highest BCUT2D eigenvalue weighted by atomic mass is 16.5. The van der Waals surface area contributed by atoms with Gasteiger partial charge < -0.3 is 15.0 Å². The maximum atomic E-state index is 12.4. The minimum atomic E-state index is 0.0110. The zero-order valence-corrected chi connectivity index (χ0v) is 15.8. The topological polar surface area (TPSA) is 61.9 Å². The zero-order valence-electron chi connectivity index (χ0n) is 15.8. The lowest BCUT2D eigenvalue weighted by atomic mass is 9.96. The molecule has 146 valence electrons. The van der Waals surface area contributed by atoms with E-state index >= 15 is 0 Å². The van der Waals surface area contributed by atoms with E-state index in [2.05, 4.69) is 10.2 Å². The number of hydrogen-bond acceptors (Lipinski definition) is 4. The number of likely N-dealkylation sites (tertiary alicyclic amines) is 1. The van der Waals surface area contributed by atoms with E-state index in [9.17, 15) is 9.59 Å². The Balaban J connectivity index is 1.35. The van der Waals surface area contributed by atoms with E-state index in [1.165, 1.54) is 0 Å². The SMILES string of the molecule is O=C(NCCN1CCOCC1)C1CCN(C(=O)C=Cc2ccccc2)CC1. The summed E-state index contributed by atoms with van der Waals surface area (Å²) in [6.45, 7) is 6.26. The second kappa shape index (κ2) is 10.2. The zero-order chi connectivity index (χ0) is 18.9. The van der Waals surface area contributed by atoms with Crippen LogP contribution in [-0.4, -0.2) is 74.1 Å². The quantitative estimate of drug-likeness (QED) is 0.768. The Labute approximate surface area is 161 Å². The Morgan fingerprint density at radius 1 is 1.07 bits per heavy atom. The van der Waals surface area contributed by atoms with Gasteiger partial charge in [-0.1, -0.05) is 30.3 Å². The minimum Gasteiger partial charge on any atom is -0.379 e. The van der Waals surface area contributed by atoms with Crippen molar-refractivity contribution >= 4 is 17.9 Å². The standard InChI is InChI=1S/C21H29N3O3/c25-20(7-6-18-4-2-1-3-5-18)24-11-8-19(9-12-24)21(26)22-10-13-23-14-16-27-17-15-23/h1-7,19H,8-17H2,(H,22,26). The Morgan fingerprint density at radius 2 is 1.78 bits per heavy atom. The molecule has 0 spiro atoms. The molecule has 2 amide bonds. The van der Waals surface area contributed by atoms with Crippen LogP contribution in [-0.2, 0) is 14.3 Å². The minimum absolute atomic E-state index is 0.0110. The largest absolute Gasteiger partial charge is 0.379 e. The molecule has 2 heterocycles. The number of benzene rings is 1. The van der Waals surface area contributed by atoms with E-state index in [0.717, 1.165) is 51.3 Å². The molecule has 1 aromatic carbocycles. The van der Waals surface area contributed by atoms with Gasteiger partial charge in [0, 0.05) is 51.3 Å². The summed E-state index contributed by atoms with van der Waals surface area (Å²) in [5, 5.41) is 3.05. The van der Waals surface area contributed by atoms with Crippen molar-refractivity contribution in [2.24, 2.45) is 5.92 Å². The predicted molar refractivity (Wildman–Crippen MR) is 105 cm³/mol. The number of rotatable bonds is 6. The van der Waals surface area contributed by atoms with Crippen molar-refractivity contribution in [1.29, 1.82) is 0 Å². The number of ether oxygens (including phenoxy) is 1. The summed E-state index contributed by atoms with van der Waals surface area (Å²) in [4.78, 5) is 28.8. The van der Waals surface area contributed by atoms with Crippen LogP contribution in [0.3, 0.4) is 0 Å². The highest BCUT2D eigenvalue weighted by Gasteiger charge is 2.26. The van der Waals surface area contributed by atoms with Gasteiger partial charge >= 0.3 is 0 Å². The molecule has 0 aromatic heterocycles. The van der Waals surface area contributed by atoms with Gasteiger partial charge in [0.25, 0.3) is 0 Å². The number of amides is 2. The second-order valence-electron chi connectivity index (χ2n) is 7.09. The lowest BCUT2D eigenvalue weighted by Crippen LogP contribution is -2.45. The second-order valence-corrected chi connectivity index (χ2v) is 7.09. The fourth-order valence-corrected chi connectivity index (χ4v) is 3.51. The third-order valence-electron chi connectivity index (χ3n) is 5.23. The van der Waals surface area contributed by atoms with Crippen LogP contribution in [0.15, 0.2) is 36.4 Å². The molecule has 2 fully saturated rings. The molecule has 2 aliphatic heterocycles. The molecule has 2 aliphatic rings. The molecule has 6 heteroatoms. The molecule has 1 N–H and O–H groups in total. The highest BCUT2D eigenvalue weighted by molar-refractivity contribution is 5.92. The predicted octanol–water partition coefficient (Wildman–Crippen LogP) is 1.39. The van der Waals surface area contributed by atoms with Gasteiger partial charge in [0.1, 0.15) is 0 Å². The Hall–Kier alpha value is -2.18.